The number of hydrogen-bond donors (Lipinski definition) is 2. The first-order chi connectivity index (χ1) is 29.2. The third-order valence-corrected chi connectivity index (χ3v) is 12.0. The topological polar surface area (TPSA) is 118 Å². The molecule has 0 aliphatic heterocycles. The largest absolute Gasteiger partial charge is 0.506 e. The summed E-state index contributed by atoms with van der Waals surface area (Å²) >= 11 is 1.62. The van der Waals surface area contributed by atoms with Crippen molar-refractivity contribution < 1.29 is 28.6 Å². The molecule has 314 valence electrons. The molecule has 9 nitrogen and oxygen atoms in total. The van der Waals surface area contributed by atoms with E-state index < -0.39 is 12.0 Å². The molecule has 0 radical (unpaired) electrons. The van der Waals surface area contributed by atoms with Crippen LogP contribution < -0.4 is 25.3 Å². The number of methoxy groups -OCH3 is 1. The lowest BCUT2D eigenvalue weighted by Crippen LogP contribution is -2.34. The predicted octanol–water partition coefficient (Wildman–Crippen LogP) is 12.9. The van der Waals surface area contributed by atoms with E-state index >= 15 is 0 Å². The van der Waals surface area contributed by atoms with Crippen LogP contribution in [0.25, 0.3) is 21.7 Å². The highest BCUT2D eigenvalue weighted by molar-refractivity contribution is 7.97. The summed E-state index contributed by atoms with van der Waals surface area (Å²) in [4.78, 5) is 41.9. The molecule has 6 rings (SSSR count). The van der Waals surface area contributed by atoms with Crippen molar-refractivity contribution in [2.24, 2.45) is 0 Å². The molecule has 0 unspecified atom stereocenters. The second kappa shape index (κ2) is 21.5. The number of phenolic OH excluding ortho intramolecular Hbond substituents is 1. The van der Waals surface area contributed by atoms with Gasteiger partial charge in [-0.3, -0.25) is 9.69 Å². The van der Waals surface area contributed by atoms with Crippen LogP contribution in [-0.2, 0) is 11.5 Å². The van der Waals surface area contributed by atoms with Gasteiger partial charge in [0, 0.05) is 34.2 Å². The summed E-state index contributed by atoms with van der Waals surface area (Å²) < 4.78 is 17.0. The number of carbonyl (C=O) groups excluding carboxylic acids is 2. The zero-order valence-corrected chi connectivity index (χ0v) is 36.0. The summed E-state index contributed by atoms with van der Waals surface area (Å²) in [6.45, 7) is 6.59. The molecule has 2 amide bonds. The monoisotopic (exact) mass is 828 g/mol. The number of aromatic hydroxyl groups is 1. The molecule has 0 fully saturated rings. The van der Waals surface area contributed by atoms with Crippen molar-refractivity contribution in [3.63, 3.8) is 0 Å². The number of phenols is 1. The summed E-state index contributed by atoms with van der Waals surface area (Å²) in [6.07, 6.45) is 11.1. The van der Waals surface area contributed by atoms with Crippen LogP contribution in [0.3, 0.4) is 0 Å². The van der Waals surface area contributed by atoms with Crippen molar-refractivity contribution in [1.29, 1.82) is 0 Å². The molecule has 0 aliphatic carbocycles. The maximum Gasteiger partial charge on any atom is 0.419 e. The van der Waals surface area contributed by atoms with Crippen molar-refractivity contribution in [2.45, 2.75) is 96.5 Å². The maximum absolute atomic E-state index is 14.1. The van der Waals surface area contributed by atoms with Crippen LogP contribution in [0, 0.1) is 13.8 Å². The summed E-state index contributed by atoms with van der Waals surface area (Å²) in [5.41, 5.74) is 5.13. The number of para-hydroxylation sites is 2. The Morgan fingerprint density at radius 3 is 2.20 bits per heavy atom. The van der Waals surface area contributed by atoms with Gasteiger partial charge in [0.15, 0.2) is 0 Å². The van der Waals surface area contributed by atoms with Gasteiger partial charge in [0.05, 0.1) is 29.6 Å². The number of ether oxygens (including phenoxy) is 2. The lowest BCUT2D eigenvalue weighted by Gasteiger charge is -2.24. The molecule has 1 heterocycles. The van der Waals surface area contributed by atoms with Crippen LogP contribution in [0.5, 0.6) is 17.2 Å². The predicted molar refractivity (Wildman–Crippen MR) is 245 cm³/mol. The first-order valence-electron chi connectivity index (χ1n) is 21.1. The Morgan fingerprint density at radius 1 is 0.767 bits per heavy atom. The van der Waals surface area contributed by atoms with Gasteiger partial charge in [0.2, 0.25) is 0 Å². The average molecular weight is 829 g/mol. The number of carbonyl (C=O) groups is 2. The van der Waals surface area contributed by atoms with Gasteiger partial charge in [-0.1, -0.05) is 119 Å². The van der Waals surface area contributed by atoms with E-state index in [1.807, 2.05) is 56.3 Å². The highest BCUT2D eigenvalue weighted by atomic mass is 32.2. The molecule has 0 saturated carbocycles. The molecule has 60 heavy (non-hydrogen) atoms. The van der Waals surface area contributed by atoms with Gasteiger partial charge in [-0.15, -0.1) is 0 Å². The molecular formula is C50H56N2O7S. The molecule has 10 heteroatoms. The number of nitrogens with one attached hydrogen (secondary N) is 1. The van der Waals surface area contributed by atoms with Gasteiger partial charge in [0.1, 0.15) is 22.8 Å². The number of amides is 2. The van der Waals surface area contributed by atoms with E-state index in [-0.39, 0.29) is 16.9 Å². The standard InChI is InChI=1S/C50H56N2O7S/c1-5-6-7-8-9-10-11-12-13-16-30-52(44-20-17-18-40-39(44)28-29-41(47(40)53)48(54)51-43-19-14-15-21-45(43)57-4)50(56)58-37-25-23-36(24-26-37)32-60-33-42-35(3)38-27-22-34(2)31-46(38)59-49(42)55/h14-15,17-29,31,53H,5-13,16,30,32-33H2,1-4H3,(H,51,54). The Hall–Kier alpha value is -5.74. The van der Waals surface area contributed by atoms with Gasteiger partial charge < -0.3 is 24.3 Å². The molecule has 6 aromatic rings. The highest BCUT2D eigenvalue weighted by Crippen LogP contribution is 2.36. The lowest BCUT2D eigenvalue weighted by molar-refractivity contribution is 0.102. The second-order valence-electron chi connectivity index (χ2n) is 15.3. The second-order valence-corrected chi connectivity index (χ2v) is 16.3. The molecule has 0 spiro atoms. The normalized spacial score (nSPS) is 11.2. The Labute approximate surface area is 357 Å². The van der Waals surface area contributed by atoms with Gasteiger partial charge in [0.25, 0.3) is 5.91 Å². The summed E-state index contributed by atoms with van der Waals surface area (Å²) in [5.74, 6) is 1.40. The molecule has 0 aliphatic rings. The van der Waals surface area contributed by atoms with Crippen LogP contribution in [0.2, 0.25) is 0 Å². The Morgan fingerprint density at radius 2 is 1.47 bits per heavy atom. The van der Waals surface area contributed by atoms with Crippen molar-refractivity contribution in [3.8, 4) is 17.2 Å². The first-order valence-corrected chi connectivity index (χ1v) is 22.2. The number of aryl methyl sites for hydroxylation is 2. The van der Waals surface area contributed by atoms with E-state index in [4.69, 9.17) is 13.9 Å². The van der Waals surface area contributed by atoms with E-state index in [0.717, 1.165) is 47.8 Å². The van der Waals surface area contributed by atoms with Gasteiger partial charge in [-0.05, 0) is 79.4 Å². The Balaban J connectivity index is 1.15. The van der Waals surface area contributed by atoms with Crippen molar-refractivity contribution in [1.82, 2.24) is 0 Å². The molecule has 0 bridgehead atoms. The quantitative estimate of drug-likeness (QED) is 0.0577. The summed E-state index contributed by atoms with van der Waals surface area (Å²) in [7, 11) is 1.53. The molecule has 1 aromatic heterocycles. The molecule has 0 saturated heterocycles. The molecule has 5 aromatic carbocycles. The van der Waals surface area contributed by atoms with E-state index in [2.05, 4.69) is 12.2 Å². The fourth-order valence-electron chi connectivity index (χ4n) is 7.50. The summed E-state index contributed by atoms with van der Waals surface area (Å²) in [5, 5.41) is 16.3. The number of benzene rings is 5. The van der Waals surface area contributed by atoms with Crippen molar-refractivity contribution in [2.75, 3.05) is 23.9 Å². The Kier molecular flexibility index (Phi) is 15.7. The van der Waals surface area contributed by atoms with Gasteiger partial charge in [-0.2, -0.15) is 11.8 Å². The maximum atomic E-state index is 14.1. The van der Waals surface area contributed by atoms with E-state index in [1.54, 1.807) is 71.3 Å². The summed E-state index contributed by atoms with van der Waals surface area (Å²) in [6, 6.07) is 29.1. The van der Waals surface area contributed by atoms with E-state index in [9.17, 15) is 19.5 Å². The number of rotatable bonds is 20. The number of anilines is 2. The minimum atomic E-state index is -0.535. The third kappa shape index (κ3) is 11.1. The first kappa shape index (κ1) is 43.8. The molecule has 2 N–H and O–H groups in total. The zero-order chi connectivity index (χ0) is 42.4. The molecule has 0 atom stereocenters. The number of unbranched alkanes of at least 4 members (excludes halogenated alkanes) is 9. The minimum absolute atomic E-state index is 0.0959. The van der Waals surface area contributed by atoms with Gasteiger partial charge in [-0.25, -0.2) is 9.59 Å². The smallest absolute Gasteiger partial charge is 0.419 e. The number of nitrogens with zero attached hydrogens (tertiary/aromatic N) is 1. The van der Waals surface area contributed by atoms with Crippen molar-refractivity contribution >= 4 is 56.9 Å². The van der Waals surface area contributed by atoms with E-state index in [1.165, 1.54) is 45.6 Å². The number of hydrogen-bond acceptors (Lipinski definition) is 8. The third-order valence-electron chi connectivity index (χ3n) is 10.9. The highest BCUT2D eigenvalue weighted by Gasteiger charge is 2.23. The van der Waals surface area contributed by atoms with E-state index in [0.29, 0.717) is 62.8 Å². The number of thioether (sulfide) groups is 1. The minimum Gasteiger partial charge on any atom is -0.506 e. The fourth-order valence-corrected chi connectivity index (χ4v) is 8.57. The average Bonchev–Trinajstić information content (AvgIpc) is 3.24. The van der Waals surface area contributed by atoms with Crippen LogP contribution in [0.15, 0.2) is 106 Å². The van der Waals surface area contributed by atoms with Crippen molar-refractivity contribution in [3.05, 3.63) is 135 Å². The fraction of sp³-hybridized carbons (Fsp3) is 0.340. The molecular weight excluding hydrogens is 773 g/mol. The SMILES string of the molecule is CCCCCCCCCCCCN(C(=O)Oc1ccc(CSCc2c(C)c3ccc(C)cc3oc2=O)cc1)c1cccc2c(O)c(C(=O)Nc3ccccc3OC)ccc12. The number of fused-ring (bicyclic) bond motifs is 2. The lowest BCUT2D eigenvalue weighted by atomic mass is 10.0. The zero-order valence-electron chi connectivity index (χ0n) is 35.2. The van der Waals surface area contributed by atoms with Gasteiger partial charge >= 0.3 is 11.7 Å². The Bertz CT molecular complexity index is 2460. The van der Waals surface area contributed by atoms with Crippen LogP contribution in [0.4, 0.5) is 16.2 Å². The van der Waals surface area contributed by atoms with Crippen LogP contribution in [0.1, 0.15) is 104 Å². The van der Waals surface area contributed by atoms with Crippen LogP contribution in [-0.4, -0.2) is 30.8 Å². The van der Waals surface area contributed by atoms with Crippen LogP contribution >= 0.6 is 11.8 Å².